The van der Waals surface area contributed by atoms with Gasteiger partial charge in [0.1, 0.15) is 0 Å². The van der Waals surface area contributed by atoms with Crippen molar-refractivity contribution in [3.05, 3.63) is 30.3 Å². The van der Waals surface area contributed by atoms with Gasteiger partial charge in [-0.2, -0.15) is 0 Å². The molecule has 28 heavy (non-hydrogen) atoms. The number of amides is 1. The van der Waals surface area contributed by atoms with Crippen LogP contribution in [-0.4, -0.2) is 58.8 Å². The molecule has 1 aromatic heterocycles. The second-order valence-corrected chi connectivity index (χ2v) is 10.5. The third kappa shape index (κ3) is 4.41. The van der Waals surface area contributed by atoms with E-state index in [0.717, 1.165) is 31.2 Å². The Labute approximate surface area is 168 Å². The quantitative estimate of drug-likeness (QED) is 0.662. The molecule has 2 fully saturated rings. The summed E-state index contributed by atoms with van der Waals surface area (Å²) in [5, 5.41) is 8.41. The minimum atomic E-state index is -3.04. The molecule has 9 heteroatoms. The first-order valence-corrected chi connectivity index (χ1v) is 12.4. The summed E-state index contributed by atoms with van der Waals surface area (Å²) in [7, 11) is -3.04. The Morgan fingerprint density at radius 1 is 1.11 bits per heavy atom. The zero-order valence-corrected chi connectivity index (χ0v) is 17.1. The first kappa shape index (κ1) is 19.4. The number of hydrogen-bond donors (Lipinski definition) is 0. The minimum absolute atomic E-state index is 0.0431. The monoisotopic (exact) mass is 421 g/mol. The van der Waals surface area contributed by atoms with Crippen LogP contribution in [-0.2, 0) is 14.6 Å². The van der Waals surface area contributed by atoms with Crippen LogP contribution in [0, 0.1) is 0 Å². The van der Waals surface area contributed by atoms with Crippen LogP contribution in [0.25, 0.3) is 11.5 Å². The summed E-state index contributed by atoms with van der Waals surface area (Å²) in [5.41, 5.74) is 0.830. The molecule has 1 amide bonds. The smallest absolute Gasteiger partial charge is 0.277 e. The van der Waals surface area contributed by atoms with Crippen molar-refractivity contribution in [2.45, 2.75) is 49.4 Å². The number of sulfone groups is 1. The van der Waals surface area contributed by atoms with E-state index in [1.165, 1.54) is 11.8 Å². The highest BCUT2D eigenvalue weighted by molar-refractivity contribution is 7.99. The summed E-state index contributed by atoms with van der Waals surface area (Å²) < 4.78 is 29.5. The average Bonchev–Trinajstić information content (AvgIpc) is 3.43. The van der Waals surface area contributed by atoms with E-state index in [1.807, 2.05) is 35.2 Å². The fraction of sp³-hybridized carbons (Fsp3) is 0.526. The van der Waals surface area contributed by atoms with E-state index in [0.29, 0.717) is 17.5 Å². The lowest BCUT2D eigenvalue weighted by atomic mass is 10.1. The van der Waals surface area contributed by atoms with Gasteiger partial charge in [0, 0.05) is 17.6 Å². The summed E-state index contributed by atoms with van der Waals surface area (Å²) in [6.07, 6.45) is 4.61. The molecule has 1 aliphatic carbocycles. The van der Waals surface area contributed by atoms with Gasteiger partial charge >= 0.3 is 0 Å². The van der Waals surface area contributed by atoms with Crippen LogP contribution in [0.3, 0.4) is 0 Å². The number of carbonyl (C=O) groups is 1. The number of carbonyl (C=O) groups excluding carboxylic acids is 1. The van der Waals surface area contributed by atoms with Crippen molar-refractivity contribution >= 4 is 27.5 Å². The Bertz CT molecular complexity index is 924. The first-order valence-electron chi connectivity index (χ1n) is 9.55. The predicted molar refractivity (Wildman–Crippen MR) is 107 cm³/mol. The summed E-state index contributed by atoms with van der Waals surface area (Å²) in [6.45, 7) is 0. The molecule has 1 saturated carbocycles. The number of hydrogen-bond acceptors (Lipinski definition) is 7. The summed E-state index contributed by atoms with van der Waals surface area (Å²) in [5.74, 6) is 0.802. The van der Waals surface area contributed by atoms with E-state index < -0.39 is 9.84 Å². The normalized spacial score (nSPS) is 21.8. The fourth-order valence-electron chi connectivity index (χ4n) is 4.05. The highest BCUT2D eigenvalue weighted by atomic mass is 32.2. The molecule has 1 atom stereocenters. The molecule has 4 rings (SSSR count). The molecule has 1 unspecified atom stereocenters. The van der Waals surface area contributed by atoms with Crippen molar-refractivity contribution in [2.75, 3.05) is 17.3 Å². The van der Waals surface area contributed by atoms with Crippen molar-refractivity contribution in [1.82, 2.24) is 15.1 Å². The second-order valence-electron chi connectivity index (χ2n) is 7.32. The molecule has 0 N–H and O–H groups in total. The van der Waals surface area contributed by atoms with E-state index in [4.69, 9.17) is 4.42 Å². The molecule has 0 bridgehead atoms. The largest absolute Gasteiger partial charge is 0.411 e. The van der Waals surface area contributed by atoms with Crippen molar-refractivity contribution < 1.29 is 17.6 Å². The van der Waals surface area contributed by atoms with Gasteiger partial charge in [0.05, 0.1) is 17.3 Å². The standard InChI is InChI=1S/C19H23N3O4S2/c23-17(12-27-19-21-20-18(26-19)14-6-2-1-3-7-14)22(15-8-4-5-9-15)16-10-11-28(24,25)13-16/h1-3,6-7,15-16H,4-5,8-13H2. The highest BCUT2D eigenvalue weighted by Gasteiger charge is 2.38. The third-order valence-electron chi connectivity index (χ3n) is 5.35. The van der Waals surface area contributed by atoms with Gasteiger partial charge in [-0.3, -0.25) is 4.79 Å². The van der Waals surface area contributed by atoms with Crippen LogP contribution in [0.2, 0.25) is 0 Å². The Kier molecular flexibility index (Phi) is 5.73. The van der Waals surface area contributed by atoms with Crippen LogP contribution in [0.1, 0.15) is 32.1 Å². The predicted octanol–water partition coefficient (Wildman–Crippen LogP) is 2.79. The molecular weight excluding hydrogens is 398 g/mol. The zero-order chi connectivity index (χ0) is 19.6. The summed E-state index contributed by atoms with van der Waals surface area (Å²) >= 11 is 1.21. The molecule has 0 spiro atoms. The SMILES string of the molecule is O=C(CSc1nnc(-c2ccccc2)o1)N(C1CCCC1)C1CCS(=O)(=O)C1. The topological polar surface area (TPSA) is 93.4 Å². The molecule has 2 aliphatic rings. The lowest BCUT2D eigenvalue weighted by molar-refractivity contribution is -0.132. The number of thioether (sulfide) groups is 1. The van der Waals surface area contributed by atoms with E-state index in [-0.39, 0.29) is 35.2 Å². The van der Waals surface area contributed by atoms with Crippen molar-refractivity contribution in [3.63, 3.8) is 0 Å². The highest BCUT2D eigenvalue weighted by Crippen LogP contribution is 2.30. The molecule has 2 heterocycles. The number of benzene rings is 1. The van der Waals surface area contributed by atoms with Gasteiger partial charge < -0.3 is 9.32 Å². The second kappa shape index (κ2) is 8.24. The first-order chi connectivity index (χ1) is 13.5. The Balaban J connectivity index is 1.42. The molecule has 1 aromatic carbocycles. The maximum atomic E-state index is 13.0. The van der Waals surface area contributed by atoms with Crippen molar-refractivity contribution in [2.24, 2.45) is 0 Å². The summed E-state index contributed by atoms with van der Waals surface area (Å²) in [4.78, 5) is 14.8. The molecule has 1 aliphatic heterocycles. The van der Waals surface area contributed by atoms with Crippen LogP contribution in [0.15, 0.2) is 40.0 Å². The van der Waals surface area contributed by atoms with Gasteiger partial charge in [-0.1, -0.05) is 42.8 Å². The van der Waals surface area contributed by atoms with Crippen molar-refractivity contribution in [1.29, 1.82) is 0 Å². The maximum absolute atomic E-state index is 13.0. The zero-order valence-electron chi connectivity index (χ0n) is 15.5. The van der Waals surface area contributed by atoms with Gasteiger partial charge in [-0.05, 0) is 31.4 Å². The van der Waals surface area contributed by atoms with Gasteiger partial charge in [-0.25, -0.2) is 8.42 Å². The Morgan fingerprint density at radius 2 is 1.86 bits per heavy atom. The molecular formula is C19H23N3O4S2. The lowest BCUT2D eigenvalue weighted by Gasteiger charge is -2.34. The minimum Gasteiger partial charge on any atom is -0.411 e. The third-order valence-corrected chi connectivity index (χ3v) is 7.91. The van der Waals surface area contributed by atoms with Gasteiger partial charge in [0.25, 0.3) is 5.22 Å². The Morgan fingerprint density at radius 3 is 2.54 bits per heavy atom. The van der Waals surface area contributed by atoms with E-state index >= 15 is 0 Å². The molecule has 7 nitrogen and oxygen atoms in total. The number of rotatable bonds is 6. The van der Waals surface area contributed by atoms with Crippen LogP contribution < -0.4 is 0 Å². The molecule has 1 saturated heterocycles. The molecule has 150 valence electrons. The van der Waals surface area contributed by atoms with E-state index in [1.54, 1.807) is 0 Å². The van der Waals surface area contributed by atoms with E-state index in [2.05, 4.69) is 10.2 Å². The maximum Gasteiger partial charge on any atom is 0.277 e. The van der Waals surface area contributed by atoms with Gasteiger partial charge in [0.2, 0.25) is 11.8 Å². The van der Waals surface area contributed by atoms with Crippen LogP contribution in [0.5, 0.6) is 0 Å². The van der Waals surface area contributed by atoms with Crippen LogP contribution >= 0.6 is 11.8 Å². The molecule has 0 radical (unpaired) electrons. The van der Waals surface area contributed by atoms with E-state index in [9.17, 15) is 13.2 Å². The van der Waals surface area contributed by atoms with Crippen molar-refractivity contribution in [3.8, 4) is 11.5 Å². The molecule has 2 aromatic rings. The lowest BCUT2D eigenvalue weighted by Crippen LogP contribution is -2.47. The summed E-state index contributed by atoms with van der Waals surface area (Å²) in [6, 6.07) is 9.41. The number of nitrogens with zero attached hydrogens (tertiary/aromatic N) is 3. The van der Waals surface area contributed by atoms with Gasteiger partial charge in [0.15, 0.2) is 9.84 Å². The van der Waals surface area contributed by atoms with Crippen LogP contribution in [0.4, 0.5) is 0 Å². The fourth-order valence-corrected chi connectivity index (χ4v) is 6.39. The number of aromatic nitrogens is 2. The Hall–Kier alpha value is -1.87. The van der Waals surface area contributed by atoms with Gasteiger partial charge in [-0.15, -0.1) is 10.2 Å². The average molecular weight is 422 g/mol.